The molecule has 0 saturated carbocycles. The molecule has 0 saturated heterocycles. The molecule has 17 heavy (non-hydrogen) atoms. The molecule has 1 aromatic rings. The molecule has 0 bridgehead atoms. The van der Waals surface area contributed by atoms with Crippen LogP contribution in [0.25, 0.3) is 0 Å². The molecule has 0 aromatic heterocycles. The SMILES string of the molecule is CC(C)(N)CCCc1ccc2c(c1)CCCN2. The van der Waals surface area contributed by atoms with Crippen LogP contribution in [-0.4, -0.2) is 12.1 Å². The number of rotatable bonds is 4. The normalized spacial score (nSPS) is 15.2. The number of hydrogen-bond acceptors (Lipinski definition) is 2. The minimum Gasteiger partial charge on any atom is -0.385 e. The Labute approximate surface area is 105 Å². The molecule has 3 N–H and O–H groups in total. The summed E-state index contributed by atoms with van der Waals surface area (Å²) in [4.78, 5) is 0. The molecule has 2 rings (SSSR count). The van der Waals surface area contributed by atoms with Crippen molar-refractivity contribution >= 4 is 5.69 Å². The summed E-state index contributed by atoms with van der Waals surface area (Å²) in [6, 6.07) is 6.85. The van der Waals surface area contributed by atoms with Crippen molar-refractivity contribution in [3.63, 3.8) is 0 Å². The molecule has 0 unspecified atom stereocenters. The molecule has 2 nitrogen and oxygen atoms in total. The molecule has 0 aliphatic carbocycles. The summed E-state index contributed by atoms with van der Waals surface area (Å²) in [6.45, 7) is 5.32. The third kappa shape index (κ3) is 3.74. The number of anilines is 1. The van der Waals surface area contributed by atoms with E-state index in [9.17, 15) is 0 Å². The second-order valence-electron chi connectivity index (χ2n) is 5.86. The van der Waals surface area contributed by atoms with Gasteiger partial charge in [-0.05, 0) is 63.1 Å². The summed E-state index contributed by atoms with van der Waals surface area (Å²) in [6.07, 6.45) is 5.89. The first-order chi connectivity index (χ1) is 8.04. The molecule has 1 heterocycles. The lowest BCUT2D eigenvalue weighted by Gasteiger charge is -2.20. The van der Waals surface area contributed by atoms with Gasteiger partial charge >= 0.3 is 0 Å². The molecule has 1 aliphatic rings. The van der Waals surface area contributed by atoms with Crippen molar-refractivity contribution in [2.45, 2.75) is 51.5 Å². The zero-order valence-electron chi connectivity index (χ0n) is 11.1. The van der Waals surface area contributed by atoms with Crippen LogP contribution in [0.1, 0.15) is 44.2 Å². The van der Waals surface area contributed by atoms with E-state index >= 15 is 0 Å². The van der Waals surface area contributed by atoms with Gasteiger partial charge in [0.25, 0.3) is 0 Å². The molecular weight excluding hydrogens is 208 g/mol. The largest absolute Gasteiger partial charge is 0.385 e. The van der Waals surface area contributed by atoms with Crippen molar-refractivity contribution in [2.75, 3.05) is 11.9 Å². The first-order valence-corrected chi connectivity index (χ1v) is 6.69. The maximum Gasteiger partial charge on any atom is 0.0372 e. The zero-order chi connectivity index (χ0) is 12.3. The summed E-state index contributed by atoms with van der Waals surface area (Å²) in [5, 5.41) is 3.45. The van der Waals surface area contributed by atoms with Crippen LogP contribution in [0, 0.1) is 0 Å². The van der Waals surface area contributed by atoms with Gasteiger partial charge in [-0.1, -0.05) is 12.1 Å². The minimum atomic E-state index is -0.0320. The Bertz CT molecular complexity index is 377. The van der Waals surface area contributed by atoms with Gasteiger partial charge in [0.2, 0.25) is 0 Å². The van der Waals surface area contributed by atoms with E-state index < -0.39 is 0 Å². The van der Waals surface area contributed by atoms with E-state index in [1.165, 1.54) is 36.1 Å². The minimum absolute atomic E-state index is 0.0320. The summed E-state index contributed by atoms with van der Waals surface area (Å²) in [5.41, 5.74) is 10.2. The van der Waals surface area contributed by atoms with Crippen LogP contribution in [0.2, 0.25) is 0 Å². The van der Waals surface area contributed by atoms with Gasteiger partial charge in [0.15, 0.2) is 0 Å². The lowest BCUT2D eigenvalue weighted by molar-refractivity contribution is 0.459. The van der Waals surface area contributed by atoms with Crippen LogP contribution in [0.15, 0.2) is 18.2 Å². The van der Waals surface area contributed by atoms with Gasteiger partial charge in [-0.25, -0.2) is 0 Å². The first kappa shape index (κ1) is 12.4. The number of benzene rings is 1. The molecule has 0 amide bonds. The number of fused-ring (bicyclic) bond motifs is 1. The maximum absolute atomic E-state index is 6.00. The topological polar surface area (TPSA) is 38.0 Å². The molecule has 0 fully saturated rings. The van der Waals surface area contributed by atoms with Crippen molar-refractivity contribution in [3.8, 4) is 0 Å². The predicted octanol–water partition coefficient (Wildman–Crippen LogP) is 3.10. The highest BCUT2D eigenvalue weighted by atomic mass is 14.9. The highest BCUT2D eigenvalue weighted by Gasteiger charge is 2.11. The molecule has 94 valence electrons. The van der Waals surface area contributed by atoms with Crippen molar-refractivity contribution in [2.24, 2.45) is 5.73 Å². The fourth-order valence-corrected chi connectivity index (χ4v) is 2.43. The Hall–Kier alpha value is -1.02. The van der Waals surface area contributed by atoms with Crippen molar-refractivity contribution in [1.82, 2.24) is 0 Å². The van der Waals surface area contributed by atoms with Gasteiger partial charge in [-0.3, -0.25) is 0 Å². The average Bonchev–Trinajstić information content (AvgIpc) is 2.27. The smallest absolute Gasteiger partial charge is 0.0372 e. The van der Waals surface area contributed by atoms with Gasteiger partial charge in [0.1, 0.15) is 0 Å². The van der Waals surface area contributed by atoms with Crippen LogP contribution in [0.3, 0.4) is 0 Å². The Morgan fingerprint density at radius 2 is 2.18 bits per heavy atom. The highest BCUT2D eigenvalue weighted by Crippen LogP contribution is 2.24. The fraction of sp³-hybridized carbons (Fsp3) is 0.600. The van der Waals surface area contributed by atoms with E-state index in [1.54, 1.807) is 0 Å². The standard InChI is InChI=1S/C15H24N2/c1-15(2,16)9-3-5-12-7-8-14-13(11-12)6-4-10-17-14/h7-8,11,17H,3-6,9-10,16H2,1-2H3. The second-order valence-corrected chi connectivity index (χ2v) is 5.86. The monoisotopic (exact) mass is 232 g/mol. The fourth-order valence-electron chi connectivity index (χ4n) is 2.43. The van der Waals surface area contributed by atoms with Gasteiger partial charge in [-0.2, -0.15) is 0 Å². The molecule has 0 atom stereocenters. The first-order valence-electron chi connectivity index (χ1n) is 6.69. The Morgan fingerprint density at radius 1 is 1.35 bits per heavy atom. The van der Waals surface area contributed by atoms with Gasteiger partial charge in [-0.15, -0.1) is 0 Å². The number of nitrogens with one attached hydrogen (secondary N) is 1. The van der Waals surface area contributed by atoms with Crippen molar-refractivity contribution in [1.29, 1.82) is 0 Å². The summed E-state index contributed by atoms with van der Waals surface area (Å²) >= 11 is 0. The zero-order valence-corrected chi connectivity index (χ0v) is 11.1. The quantitative estimate of drug-likeness (QED) is 0.837. The van der Waals surface area contributed by atoms with Gasteiger partial charge in [0.05, 0.1) is 0 Å². The summed E-state index contributed by atoms with van der Waals surface area (Å²) in [7, 11) is 0. The van der Waals surface area contributed by atoms with Crippen LogP contribution in [-0.2, 0) is 12.8 Å². The summed E-state index contributed by atoms with van der Waals surface area (Å²) in [5.74, 6) is 0. The van der Waals surface area contributed by atoms with E-state index in [1.807, 2.05) is 0 Å². The van der Waals surface area contributed by atoms with Gasteiger partial charge < -0.3 is 11.1 Å². The van der Waals surface area contributed by atoms with Crippen molar-refractivity contribution < 1.29 is 0 Å². The number of nitrogens with two attached hydrogens (primary N) is 1. The van der Waals surface area contributed by atoms with E-state index in [2.05, 4.69) is 37.4 Å². The molecule has 1 aliphatic heterocycles. The molecule has 1 aromatic carbocycles. The second kappa shape index (κ2) is 5.09. The van der Waals surface area contributed by atoms with E-state index in [0.29, 0.717) is 0 Å². The lowest BCUT2D eigenvalue weighted by atomic mass is 9.94. The lowest BCUT2D eigenvalue weighted by Crippen LogP contribution is -2.31. The molecular formula is C15H24N2. The number of hydrogen-bond donors (Lipinski definition) is 2. The van der Waals surface area contributed by atoms with E-state index in [-0.39, 0.29) is 5.54 Å². The summed E-state index contributed by atoms with van der Waals surface area (Å²) < 4.78 is 0. The Kier molecular flexibility index (Phi) is 3.72. The third-order valence-corrected chi connectivity index (χ3v) is 3.39. The van der Waals surface area contributed by atoms with Crippen LogP contribution < -0.4 is 11.1 Å². The number of aryl methyl sites for hydroxylation is 2. The third-order valence-electron chi connectivity index (χ3n) is 3.39. The van der Waals surface area contributed by atoms with E-state index in [0.717, 1.165) is 19.4 Å². The average molecular weight is 232 g/mol. The predicted molar refractivity (Wildman–Crippen MR) is 74.5 cm³/mol. The van der Waals surface area contributed by atoms with Crippen LogP contribution in [0.4, 0.5) is 5.69 Å². The van der Waals surface area contributed by atoms with Crippen molar-refractivity contribution in [3.05, 3.63) is 29.3 Å². The van der Waals surface area contributed by atoms with E-state index in [4.69, 9.17) is 5.73 Å². The van der Waals surface area contributed by atoms with Crippen LogP contribution >= 0.6 is 0 Å². The maximum atomic E-state index is 6.00. The molecule has 2 heteroatoms. The Morgan fingerprint density at radius 3 is 2.94 bits per heavy atom. The Balaban J connectivity index is 1.93. The van der Waals surface area contributed by atoms with Crippen LogP contribution in [0.5, 0.6) is 0 Å². The molecule has 0 radical (unpaired) electrons. The highest BCUT2D eigenvalue weighted by molar-refractivity contribution is 5.54. The molecule has 0 spiro atoms. The van der Waals surface area contributed by atoms with Gasteiger partial charge in [0, 0.05) is 17.8 Å².